The van der Waals surface area contributed by atoms with E-state index in [1.54, 1.807) is 12.4 Å². The summed E-state index contributed by atoms with van der Waals surface area (Å²) in [6, 6.07) is 1.93. The number of halogens is 2. The number of pyridine rings is 1. The summed E-state index contributed by atoms with van der Waals surface area (Å²) >= 11 is 0. The van der Waals surface area contributed by atoms with Crippen LogP contribution in [0.2, 0.25) is 0 Å². The Kier molecular flexibility index (Phi) is 7.21. The van der Waals surface area contributed by atoms with Crippen LogP contribution >= 0.6 is 24.8 Å². The van der Waals surface area contributed by atoms with Crippen LogP contribution in [0.15, 0.2) is 18.5 Å². The highest BCUT2D eigenvalue weighted by molar-refractivity contribution is 5.95. The van der Waals surface area contributed by atoms with Crippen LogP contribution in [0.3, 0.4) is 0 Å². The van der Waals surface area contributed by atoms with Crippen LogP contribution in [-0.2, 0) is 0 Å². The highest BCUT2D eigenvalue weighted by Crippen LogP contribution is 2.31. The van der Waals surface area contributed by atoms with E-state index in [2.05, 4.69) is 10.3 Å². The molecule has 2 rings (SSSR count). The lowest BCUT2D eigenvalue weighted by molar-refractivity contribution is 0.0949. The van der Waals surface area contributed by atoms with E-state index < -0.39 is 0 Å². The Bertz CT molecular complexity index is 397. The number of hydrogen-bond acceptors (Lipinski definition) is 3. The van der Waals surface area contributed by atoms with Gasteiger partial charge in [-0.15, -0.1) is 24.8 Å². The number of amides is 1. The lowest BCUT2D eigenvalue weighted by Crippen LogP contribution is -2.38. The number of hydrogen-bond donors (Lipinski definition) is 2. The molecule has 1 heterocycles. The minimum Gasteiger partial charge on any atom is -0.350 e. The Balaban J connectivity index is 0.00000144. The van der Waals surface area contributed by atoms with Gasteiger partial charge < -0.3 is 11.1 Å². The number of nitrogens with zero attached hydrogens (tertiary/aromatic N) is 1. The van der Waals surface area contributed by atoms with Gasteiger partial charge in [0.2, 0.25) is 0 Å². The van der Waals surface area contributed by atoms with E-state index >= 15 is 0 Å². The van der Waals surface area contributed by atoms with Crippen molar-refractivity contribution < 1.29 is 4.79 Å². The van der Waals surface area contributed by atoms with Crippen LogP contribution in [0.1, 0.15) is 28.8 Å². The van der Waals surface area contributed by atoms with Gasteiger partial charge in [0.05, 0.1) is 5.56 Å². The molecular weight excluding hydrogens is 273 g/mol. The van der Waals surface area contributed by atoms with E-state index in [-0.39, 0.29) is 36.8 Å². The lowest BCUT2D eigenvalue weighted by atomic mass is 10.1. The van der Waals surface area contributed by atoms with Crippen molar-refractivity contribution in [2.24, 2.45) is 11.7 Å². The molecule has 0 radical (unpaired) electrons. The molecular formula is C12H19Cl2N3O. The molecule has 0 spiro atoms. The van der Waals surface area contributed by atoms with Crippen LogP contribution in [-0.4, -0.2) is 23.5 Å². The SMILES string of the molecule is Cc1ccncc1C(=O)NCC(N)C1CC1.Cl.Cl. The molecule has 1 fully saturated rings. The van der Waals surface area contributed by atoms with Crippen molar-refractivity contribution in [1.82, 2.24) is 10.3 Å². The molecule has 4 nitrogen and oxygen atoms in total. The summed E-state index contributed by atoms with van der Waals surface area (Å²) < 4.78 is 0. The van der Waals surface area contributed by atoms with E-state index in [4.69, 9.17) is 5.73 Å². The van der Waals surface area contributed by atoms with Gasteiger partial charge in [-0.25, -0.2) is 0 Å². The van der Waals surface area contributed by atoms with Crippen LogP contribution in [0, 0.1) is 12.8 Å². The summed E-state index contributed by atoms with van der Waals surface area (Å²) in [6.45, 7) is 2.45. The molecule has 1 aromatic heterocycles. The van der Waals surface area contributed by atoms with Gasteiger partial charge in [0.1, 0.15) is 0 Å². The average Bonchev–Trinajstić information content (AvgIpc) is 3.10. The maximum atomic E-state index is 11.8. The molecule has 3 N–H and O–H groups in total. The third-order valence-corrected chi connectivity index (χ3v) is 3.01. The van der Waals surface area contributed by atoms with E-state index in [9.17, 15) is 4.79 Å². The summed E-state index contributed by atoms with van der Waals surface area (Å²) in [5.41, 5.74) is 7.48. The fourth-order valence-corrected chi connectivity index (χ4v) is 1.70. The van der Waals surface area contributed by atoms with Crippen molar-refractivity contribution in [3.63, 3.8) is 0 Å². The van der Waals surface area contributed by atoms with Crippen molar-refractivity contribution in [2.45, 2.75) is 25.8 Å². The second-order valence-electron chi connectivity index (χ2n) is 4.40. The number of aryl methyl sites for hydroxylation is 1. The zero-order valence-corrected chi connectivity index (χ0v) is 11.9. The highest BCUT2D eigenvalue weighted by Gasteiger charge is 2.28. The van der Waals surface area contributed by atoms with E-state index in [0.29, 0.717) is 18.0 Å². The smallest absolute Gasteiger partial charge is 0.253 e. The van der Waals surface area contributed by atoms with Crippen molar-refractivity contribution in [3.8, 4) is 0 Å². The molecule has 1 amide bonds. The number of nitrogens with one attached hydrogen (secondary N) is 1. The number of nitrogens with two attached hydrogens (primary N) is 1. The number of aromatic nitrogens is 1. The first kappa shape index (κ1) is 17.2. The summed E-state index contributed by atoms with van der Waals surface area (Å²) in [5.74, 6) is 0.525. The third kappa shape index (κ3) is 4.44. The third-order valence-electron chi connectivity index (χ3n) is 3.01. The summed E-state index contributed by atoms with van der Waals surface area (Å²) in [6.07, 6.45) is 5.67. The molecule has 1 aromatic rings. The highest BCUT2D eigenvalue weighted by atomic mass is 35.5. The quantitative estimate of drug-likeness (QED) is 0.887. The fraction of sp³-hybridized carbons (Fsp3) is 0.500. The number of rotatable bonds is 4. The summed E-state index contributed by atoms with van der Waals surface area (Å²) in [7, 11) is 0. The molecule has 1 saturated carbocycles. The molecule has 1 aliphatic carbocycles. The van der Waals surface area contributed by atoms with Crippen molar-refractivity contribution in [1.29, 1.82) is 0 Å². The predicted molar refractivity (Wildman–Crippen MR) is 76.5 cm³/mol. The summed E-state index contributed by atoms with van der Waals surface area (Å²) in [4.78, 5) is 15.8. The van der Waals surface area contributed by atoms with Crippen LogP contribution in [0.25, 0.3) is 0 Å². The molecule has 6 heteroatoms. The first-order chi connectivity index (χ1) is 7.68. The largest absolute Gasteiger partial charge is 0.350 e. The second-order valence-corrected chi connectivity index (χ2v) is 4.40. The topological polar surface area (TPSA) is 68.0 Å². The van der Waals surface area contributed by atoms with Gasteiger partial charge in [0, 0.05) is 25.0 Å². The summed E-state index contributed by atoms with van der Waals surface area (Å²) in [5, 5.41) is 2.86. The fourth-order valence-electron chi connectivity index (χ4n) is 1.70. The van der Waals surface area contributed by atoms with Crippen LogP contribution in [0.4, 0.5) is 0 Å². The molecule has 0 saturated heterocycles. The van der Waals surface area contributed by atoms with Crippen LogP contribution < -0.4 is 11.1 Å². The minimum absolute atomic E-state index is 0. The molecule has 1 unspecified atom stereocenters. The van der Waals surface area contributed by atoms with E-state index in [0.717, 1.165) is 5.56 Å². The average molecular weight is 292 g/mol. The Morgan fingerprint density at radius 2 is 2.22 bits per heavy atom. The van der Waals surface area contributed by atoms with Gasteiger partial charge in [0.25, 0.3) is 5.91 Å². The molecule has 0 bridgehead atoms. The maximum absolute atomic E-state index is 11.8. The molecule has 1 aliphatic rings. The Morgan fingerprint density at radius 3 is 2.78 bits per heavy atom. The molecule has 0 aliphatic heterocycles. The van der Waals surface area contributed by atoms with E-state index in [1.165, 1.54) is 12.8 Å². The Labute approximate surface area is 120 Å². The van der Waals surface area contributed by atoms with Gasteiger partial charge >= 0.3 is 0 Å². The number of carbonyl (C=O) groups is 1. The van der Waals surface area contributed by atoms with Gasteiger partial charge in [-0.1, -0.05) is 0 Å². The molecule has 18 heavy (non-hydrogen) atoms. The number of carbonyl (C=O) groups excluding carboxylic acids is 1. The lowest BCUT2D eigenvalue weighted by Gasteiger charge is -2.12. The van der Waals surface area contributed by atoms with E-state index in [1.807, 2.05) is 13.0 Å². The van der Waals surface area contributed by atoms with Crippen molar-refractivity contribution in [3.05, 3.63) is 29.6 Å². The predicted octanol–water partition coefficient (Wildman–Crippen LogP) is 1.70. The van der Waals surface area contributed by atoms with Crippen molar-refractivity contribution >= 4 is 30.7 Å². The van der Waals surface area contributed by atoms with Gasteiger partial charge in [-0.2, -0.15) is 0 Å². The monoisotopic (exact) mass is 291 g/mol. The first-order valence-corrected chi connectivity index (χ1v) is 5.63. The maximum Gasteiger partial charge on any atom is 0.253 e. The molecule has 102 valence electrons. The molecule has 1 atom stereocenters. The van der Waals surface area contributed by atoms with Gasteiger partial charge in [-0.3, -0.25) is 9.78 Å². The Hall–Kier alpha value is -0.840. The molecule has 0 aromatic carbocycles. The Morgan fingerprint density at radius 1 is 1.56 bits per heavy atom. The zero-order valence-electron chi connectivity index (χ0n) is 10.3. The minimum atomic E-state index is -0.0818. The van der Waals surface area contributed by atoms with Gasteiger partial charge in [-0.05, 0) is 37.3 Å². The zero-order chi connectivity index (χ0) is 11.5. The van der Waals surface area contributed by atoms with Crippen LogP contribution in [0.5, 0.6) is 0 Å². The van der Waals surface area contributed by atoms with Gasteiger partial charge in [0.15, 0.2) is 0 Å². The van der Waals surface area contributed by atoms with Crippen molar-refractivity contribution in [2.75, 3.05) is 6.54 Å². The second kappa shape index (κ2) is 7.56. The standard InChI is InChI=1S/C12H17N3O.2ClH/c1-8-4-5-14-6-10(8)12(16)15-7-11(13)9-2-3-9;;/h4-6,9,11H,2-3,7,13H2,1H3,(H,15,16);2*1H. The first-order valence-electron chi connectivity index (χ1n) is 5.63. The normalized spacial score (nSPS) is 15.0.